The van der Waals surface area contributed by atoms with E-state index in [1.165, 1.54) is 180 Å². The maximum Gasteiger partial charge on any atom is 0.316 e. The van der Waals surface area contributed by atoms with Crippen LogP contribution in [-0.4, -0.2) is 30.6 Å². The van der Waals surface area contributed by atoms with Crippen molar-refractivity contribution in [2.24, 2.45) is 0 Å². The van der Waals surface area contributed by atoms with Gasteiger partial charge in [0.15, 0.2) is 0 Å². The maximum atomic E-state index is 14.0. The van der Waals surface area contributed by atoms with Gasteiger partial charge < -0.3 is 9.30 Å². The Morgan fingerprint density at radius 1 is 0.422 bits per heavy atom. The van der Waals surface area contributed by atoms with Crippen molar-refractivity contribution in [1.82, 2.24) is 0 Å². The van der Waals surface area contributed by atoms with Crippen LogP contribution in [0.5, 0.6) is 0 Å². The highest BCUT2D eigenvalue weighted by atomic mass is 31.2. The van der Waals surface area contributed by atoms with E-state index in [4.69, 9.17) is 4.74 Å². The minimum Gasteiger partial charge on any atom is -0.465 e. The lowest BCUT2D eigenvalue weighted by molar-refractivity contribution is -0.142. The standard InChI is InChI=1S/C41H83O3P/c1-5-8-10-12-14-16-18-20-22-24-26-28-30-32-34-36-38-45(43,40(4)41(42)44-7-3)39-37-35-33-31-29-27-25-23-21-19-17-15-13-11-9-6-2/h40H,5-39H2,1-4H3. The van der Waals surface area contributed by atoms with Crippen LogP contribution in [0.1, 0.15) is 233 Å². The zero-order valence-corrected chi connectivity index (χ0v) is 32.4. The monoisotopic (exact) mass is 655 g/mol. The van der Waals surface area contributed by atoms with Crippen LogP contribution >= 0.6 is 7.14 Å². The minimum atomic E-state index is -2.55. The van der Waals surface area contributed by atoms with Gasteiger partial charge in [-0.1, -0.05) is 206 Å². The number of unbranched alkanes of at least 4 members (excludes halogenated alkanes) is 30. The summed E-state index contributed by atoms with van der Waals surface area (Å²) in [6.45, 7) is 8.67. The molecule has 45 heavy (non-hydrogen) atoms. The Bertz CT molecular complexity index is 609. The smallest absolute Gasteiger partial charge is 0.316 e. The van der Waals surface area contributed by atoms with E-state index in [1.54, 1.807) is 0 Å². The first-order chi connectivity index (χ1) is 22.0. The molecule has 0 aliphatic rings. The van der Waals surface area contributed by atoms with Crippen molar-refractivity contribution in [3.63, 3.8) is 0 Å². The molecule has 0 heterocycles. The molecule has 0 rings (SSSR count). The zero-order chi connectivity index (χ0) is 33.1. The highest BCUT2D eigenvalue weighted by Gasteiger charge is 2.34. The first kappa shape index (κ1) is 44.7. The average Bonchev–Trinajstić information content (AvgIpc) is 3.04. The van der Waals surface area contributed by atoms with E-state index in [2.05, 4.69) is 13.8 Å². The van der Waals surface area contributed by atoms with Gasteiger partial charge in [-0.05, 0) is 26.7 Å². The second kappa shape index (κ2) is 35.0. The highest BCUT2D eigenvalue weighted by Crippen LogP contribution is 2.52. The van der Waals surface area contributed by atoms with Gasteiger partial charge >= 0.3 is 5.97 Å². The first-order valence-electron chi connectivity index (χ1n) is 20.8. The number of carbonyl (C=O) groups is 1. The number of ether oxygens (including phenoxy) is 1. The minimum absolute atomic E-state index is 0.242. The molecule has 1 unspecified atom stereocenters. The summed E-state index contributed by atoms with van der Waals surface area (Å²) in [6, 6.07) is 0. The van der Waals surface area contributed by atoms with Crippen molar-refractivity contribution in [3.8, 4) is 0 Å². The van der Waals surface area contributed by atoms with Gasteiger partial charge in [0.05, 0.1) is 6.61 Å². The molecule has 4 heteroatoms. The van der Waals surface area contributed by atoms with E-state index >= 15 is 0 Å². The van der Waals surface area contributed by atoms with Gasteiger partial charge in [0, 0.05) is 12.3 Å². The molecule has 1 atom stereocenters. The lowest BCUT2D eigenvalue weighted by Gasteiger charge is -2.24. The molecule has 0 aromatic heterocycles. The Labute approximate surface area is 284 Å². The summed E-state index contributed by atoms with van der Waals surface area (Å²) in [5.74, 6) is -0.242. The van der Waals surface area contributed by atoms with Gasteiger partial charge in [0.1, 0.15) is 12.8 Å². The molecular formula is C41H83O3P. The number of rotatable bonds is 37. The molecule has 3 nitrogen and oxygen atoms in total. The predicted octanol–water partition coefficient (Wildman–Crippen LogP) is 14.8. The van der Waals surface area contributed by atoms with Crippen LogP contribution in [0.25, 0.3) is 0 Å². The molecule has 0 saturated carbocycles. The SMILES string of the molecule is CCCCCCCCCCCCCCCCCCP(=O)(CCCCCCCCCCCCCCCCCC)C(C)C(=O)OCC. The molecule has 0 amide bonds. The fourth-order valence-electron chi connectivity index (χ4n) is 6.81. The van der Waals surface area contributed by atoms with Crippen molar-refractivity contribution >= 4 is 13.1 Å². The molecule has 0 aromatic carbocycles. The summed E-state index contributed by atoms with van der Waals surface area (Å²) in [6.07, 6.45) is 44.5. The summed E-state index contributed by atoms with van der Waals surface area (Å²) in [5, 5.41) is 0. The molecule has 0 spiro atoms. The third-order valence-electron chi connectivity index (χ3n) is 10.1. The summed E-state index contributed by atoms with van der Waals surface area (Å²) in [5.41, 5.74) is -0.440. The normalized spacial score (nSPS) is 12.5. The maximum absolute atomic E-state index is 14.0. The molecule has 270 valence electrons. The first-order valence-corrected chi connectivity index (χ1v) is 22.9. The Hall–Kier alpha value is -0.300. The van der Waals surface area contributed by atoms with Gasteiger partial charge in [-0.2, -0.15) is 0 Å². The molecule has 0 aromatic rings. The van der Waals surface area contributed by atoms with Crippen LogP contribution in [0.2, 0.25) is 0 Å². The second-order valence-electron chi connectivity index (χ2n) is 14.4. The topological polar surface area (TPSA) is 43.4 Å². The lowest BCUT2D eigenvalue weighted by Crippen LogP contribution is -2.23. The van der Waals surface area contributed by atoms with E-state index in [0.717, 1.165) is 38.0 Å². The van der Waals surface area contributed by atoms with Crippen LogP contribution in [0.3, 0.4) is 0 Å². The number of hydrogen-bond acceptors (Lipinski definition) is 3. The molecule has 0 bridgehead atoms. The Kier molecular flexibility index (Phi) is 34.8. The second-order valence-corrected chi connectivity index (χ2v) is 18.0. The van der Waals surface area contributed by atoms with E-state index in [0.29, 0.717) is 6.61 Å². The fourth-order valence-corrected chi connectivity index (χ4v) is 9.78. The lowest BCUT2D eigenvalue weighted by atomic mass is 10.0. The quantitative estimate of drug-likeness (QED) is 0.0380. The van der Waals surface area contributed by atoms with E-state index in [1.807, 2.05) is 13.8 Å². The Balaban J connectivity index is 3.93. The zero-order valence-electron chi connectivity index (χ0n) is 31.5. The van der Waals surface area contributed by atoms with Crippen LogP contribution < -0.4 is 0 Å². The van der Waals surface area contributed by atoms with E-state index < -0.39 is 12.8 Å². The van der Waals surface area contributed by atoms with Crippen molar-refractivity contribution in [1.29, 1.82) is 0 Å². The van der Waals surface area contributed by atoms with Crippen LogP contribution in [0.15, 0.2) is 0 Å². The van der Waals surface area contributed by atoms with Crippen molar-refractivity contribution in [2.45, 2.75) is 239 Å². The Morgan fingerprint density at radius 3 is 0.867 bits per heavy atom. The van der Waals surface area contributed by atoms with E-state index in [9.17, 15) is 9.36 Å². The third kappa shape index (κ3) is 29.6. The van der Waals surface area contributed by atoms with Gasteiger partial charge in [0.25, 0.3) is 0 Å². The molecule has 0 N–H and O–H groups in total. The average molecular weight is 655 g/mol. The molecule has 0 radical (unpaired) electrons. The fraction of sp³-hybridized carbons (Fsp3) is 0.976. The molecule has 0 aliphatic carbocycles. The third-order valence-corrected chi connectivity index (χ3v) is 13.9. The predicted molar refractivity (Wildman–Crippen MR) is 203 cm³/mol. The molecular weight excluding hydrogens is 571 g/mol. The van der Waals surface area contributed by atoms with E-state index in [-0.39, 0.29) is 5.97 Å². The molecule has 0 saturated heterocycles. The van der Waals surface area contributed by atoms with Crippen molar-refractivity contribution in [2.75, 3.05) is 18.9 Å². The van der Waals surface area contributed by atoms with Crippen molar-refractivity contribution < 1.29 is 14.1 Å². The van der Waals surface area contributed by atoms with Gasteiger partial charge in [-0.3, -0.25) is 4.79 Å². The number of esters is 1. The number of carbonyl (C=O) groups excluding carboxylic acids is 1. The Morgan fingerprint density at radius 2 is 0.644 bits per heavy atom. The number of hydrogen-bond donors (Lipinski definition) is 0. The van der Waals surface area contributed by atoms with Crippen molar-refractivity contribution in [3.05, 3.63) is 0 Å². The van der Waals surface area contributed by atoms with Crippen LogP contribution in [0, 0.1) is 0 Å². The molecule has 0 aliphatic heterocycles. The van der Waals surface area contributed by atoms with Gasteiger partial charge in [-0.25, -0.2) is 0 Å². The largest absolute Gasteiger partial charge is 0.465 e. The summed E-state index contributed by atoms with van der Waals surface area (Å²) >= 11 is 0. The van der Waals surface area contributed by atoms with Gasteiger partial charge in [-0.15, -0.1) is 0 Å². The summed E-state index contributed by atoms with van der Waals surface area (Å²) < 4.78 is 19.3. The molecule has 0 fully saturated rings. The summed E-state index contributed by atoms with van der Waals surface area (Å²) in [7, 11) is -2.55. The highest BCUT2D eigenvalue weighted by molar-refractivity contribution is 7.65. The van der Waals surface area contributed by atoms with Crippen LogP contribution in [-0.2, 0) is 14.1 Å². The van der Waals surface area contributed by atoms with Crippen LogP contribution in [0.4, 0.5) is 0 Å². The summed E-state index contributed by atoms with van der Waals surface area (Å²) in [4.78, 5) is 12.5. The van der Waals surface area contributed by atoms with Gasteiger partial charge in [0.2, 0.25) is 0 Å².